The molecule has 5 aromatic rings. The van der Waals surface area contributed by atoms with Crippen molar-refractivity contribution in [3.05, 3.63) is 71.0 Å². The molecule has 3 heterocycles. The minimum absolute atomic E-state index is 0.711. The van der Waals surface area contributed by atoms with Gasteiger partial charge in [-0.1, -0.05) is 65.6 Å². The molecule has 0 spiro atoms. The summed E-state index contributed by atoms with van der Waals surface area (Å²) < 4.78 is 4.14. The molecule has 0 atom stereocenters. The molecule has 0 fully saturated rings. The number of aryl methyl sites for hydroxylation is 2. The number of aromatic nitrogens is 5. The monoisotopic (exact) mass is 409 g/mol. The van der Waals surface area contributed by atoms with Crippen molar-refractivity contribution in [2.24, 2.45) is 0 Å². The molecule has 134 valence electrons. The highest BCUT2D eigenvalue weighted by Gasteiger charge is 2.13. The zero-order chi connectivity index (χ0) is 18.1. The average Bonchev–Trinajstić information content (AvgIpc) is 3.39. The number of thioether (sulfide) groups is 1. The summed E-state index contributed by atoms with van der Waals surface area (Å²) in [6.07, 6.45) is 1.91. The third-order valence-corrected chi connectivity index (χ3v) is 7.30. The van der Waals surface area contributed by atoms with E-state index in [9.17, 15) is 0 Å². The Bertz CT molecular complexity index is 1160. The van der Waals surface area contributed by atoms with Crippen LogP contribution in [0.1, 0.15) is 16.4 Å². The molecule has 0 aliphatic heterocycles. The third-order valence-electron chi connectivity index (χ3n) is 4.17. The van der Waals surface area contributed by atoms with Gasteiger partial charge in [-0.25, -0.2) is 4.98 Å². The molecule has 0 aliphatic carbocycles. The molecule has 0 N–H and O–H groups in total. The smallest absolute Gasteiger partial charge is 0.230 e. The molecule has 2 aromatic carbocycles. The Morgan fingerprint density at radius 1 is 0.889 bits per heavy atom. The molecule has 0 aliphatic rings. The third kappa shape index (κ3) is 3.60. The summed E-state index contributed by atoms with van der Waals surface area (Å²) in [5, 5.41) is 14.4. The van der Waals surface area contributed by atoms with E-state index in [-0.39, 0.29) is 0 Å². The van der Waals surface area contributed by atoms with Gasteiger partial charge in [-0.3, -0.25) is 0 Å². The van der Waals surface area contributed by atoms with Crippen LogP contribution < -0.4 is 0 Å². The highest BCUT2D eigenvalue weighted by molar-refractivity contribution is 8.00. The Morgan fingerprint density at radius 3 is 2.63 bits per heavy atom. The van der Waals surface area contributed by atoms with Gasteiger partial charge in [-0.05, 0) is 24.1 Å². The number of hydrogen-bond acceptors (Lipinski definition) is 7. The van der Waals surface area contributed by atoms with Crippen LogP contribution in [0.5, 0.6) is 0 Å². The Kier molecular flexibility index (Phi) is 4.61. The van der Waals surface area contributed by atoms with Gasteiger partial charge < -0.3 is 0 Å². The van der Waals surface area contributed by atoms with Crippen LogP contribution in [-0.2, 0) is 18.6 Å². The standard InChI is InChI=1S/C19H15N5S3/c1-2-6-13(7-3-1)10-11-17-23-24-16(21-22-18(24)27-17)12-25-19-20-14-8-4-5-9-15(14)26-19/h1-9H,10-12H2. The second-order valence-corrected chi connectivity index (χ2v) is 9.32. The fourth-order valence-corrected chi connectivity index (χ4v) is 5.65. The molecule has 0 bridgehead atoms. The molecule has 0 amide bonds. The molecule has 5 nitrogen and oxygen atoms in total. The first-order valence-corrected chi connectivity index (χ1v) is 11.2. The number of fused-ring (bicyclic) bond motifs is 2. The maximum atomic E-state index is 4.72. The number of thiazole rings is 1. The van der Waals surface area contributed by atoms with Gasteiger partial charge in [0.15, 0.2) is 10.2 Å². The van der Waals surface area contributed by atoms with Crippen LogP contribution in [0.3, 0.4) is 0 Å². The van der Waals surface area contributed by atoms with Crippen molar-refractivity contribution in [2.45, 2.75) is 22.9 Å². The van der Waals surface area contributed by atoms with Gasteiger partial charge in [-0.2, -0.15) is 9.61 Å². The van der Waals surface area contributed by atoms with Gasteiger partial charge in [-0.15, -0.1) is 21.5 Å². The van der Waals surface area contributed by atoms with Crippen molar-refractivity contribution >= 4 is 49.6 Å². The molecule has 0 saturated carbocycles. The quantitative estimate of drug-likeness (QED) is 0.374. The van der Waals surface area contributed by atoms with Gasteiger partial charge >= 0.3 is 0 Å². The van der Waals surface area contributed by atoms with Crippen molar-refractivity contribution in [1.82, 2.24) is 24.8 Å². The van der Waals surface area contributed by atoms with Crippen LogP contribution in [0.2, 0.25) is 0 Å². The summed E-state index contributed by atoms with van der Waals surface area (Å²) in [5.41, 5.74) is 2.38. The molecule has 0 unspecified atom stereocenters. The Morgan fingerprint density at radius 2 is 1.74 bits per heavy atom. The van der Waals surface area contributed by atoms with E-state index in [0.29, 0.717) is 5.75 Å². The summed E-state index contributed by atoms with van der Waals surface area (Å²) in [6, 6.07) is 18.7. The van der Waals surface area contributed by atoms with Crippen molar-refractivity contribution in [3.63, 3.8) is 0 Å². The van der Waals surface area contributed by atoms with Crippen LogP contribution in [-0.4, -0.2) is 24.8 Å². The molecule has 3 aromatic heterocycles. The minimum atomic E-state index is 0.711. The second-order valence-electron chi connectivity index (χ2n) is 6.03. The SMILES string of the molecule is c1ccc(CCc2nn3c(CSc4nc5ccccc5s4)nnc3s2)cc1. The van der Waals surface area contributed by atoms with E-state index in [0.717, 1.165) is 38.5 Å². The van der Waals surface area contributed by atoms with E-state index in [1.54, 1.807) is 34.4 Å². The fraction of sp³-hybridized carbons (Fsp3) is 0.158. The normalized spacial score (nSPS) is 11.6. The van der Waals surface area contributed by atoms with E-state index >= 15 is 0 Å². The lowest BCUT2D eigenvalue weighted by Crippen LogP contribution is -1.96. The van der Waals surface area contributed by atoms with E-state index in [1.165, 1.54) is 10.3 Å². The summed E-state index contributed by atoms with van der Waals surface area (Å²) in [5.74, 6) is 1.58. The zero-order valence-electron chi connectivity index (χ0n) is 14.3. The first kappa shape index (κ1) is 16.9. The Hall–Kier alpha value is -2.29. The average molecular weight is 410 g/mol. The molecular formula is C19H15N5S3. The van der Waals surface area contributed by atoms with Crippen molar-refractivity contribution in [2.75, 3.05) is 0 Å². The largest absolute Gasteiger partial charge is 0.234 e. The predicted octanol–water partition coefficient (Wildman–Crippen LogP) is 4.87. The second kappa shape index (κ2) is 7.38. The molecule has 8 heteroatoms. The summed E-state index contributed by atoms with van der Waals surface area (Å²) >= 11 is 5.02. The van der Waals surface area contributed by atoms with E-state index in [2.05, 4.69) is 45.5 Å². The van der Waals surface area contributed by atoms with Crippen molar-refractivity contribution < 1.29 is 0 Å². The van der Waals surface area contributed by atoms with E-state index in [4.69, 9.17) is 5.10 Å². The molecular weight excluding hydrogens is 394 g/mol. The Labute approximate surface area is 168 Å². The van der Waals surface area contributed by atoms with Gasteiger partial charge in [0.25, 0.3) is 0 Å². The van der Waals surface area contributed by atoms with Crippen LogP contribution in [0.15, 0.2) is 58.9 Å². The molecule has 0 radical (unpaired) electrons. The lowest BCUT2D eigenvalue weighted by atomic mass is 10.1. The van der Waals surface area contributed by atoms with Gasteiger partial charge in [0.2, 0.25) is 4.96 Å². The molecule has 5 rings (SSSR count). The van der Waals surface area contributed by atoms with Crippen molar-refractivity contribution in [3.8, 4) is 0 Å². The van der Waals surface area contributed by atoms with Crippen LogP contribution >= 0.6 is 34.4 Å². The predicted molar refractivity (Wildman–Crippen MR) is 112 cm³/mol. The summed E-state index contributed by atoms with van der Waals surface area (Å²) in [7, 11) is 0. The van der Waals surface area contributed by atoms with Crippen LogP contribution in [0.25, 0.3) is 15.2 Å². The molecule has 0 saturated heterocycles. The lowest BCUT2D eigenvalue weighted by Gasteiger charge is -1.97. The van der Waals surface area contributed by atoms with E-state index in [1.807, 2.05) is 28.8 Å². The zero-order valence-corrected chi connectivity index (χ0v) is 16.7. The summed E-state index contributed by atoms with van der Waals surface area (Å²) in [6.45, 7) is 0. The first-order valence-electron chi connectivity index (χ1n) is 8.57. The maximum absolute atomic E-state index is 4.72. The minimum Gasteiger partial charge on any atom is -0.230 e. The number of benzene rings is 2. The molecule has 27 heavy (non-hydrogen) atoms. The number of para-hydroxylation sites is 1. The highest BCUT2D eigenvalue weighted by Crippen LogP contribution is 2.31. The van der Waals surface area contributed by atoms with Crippen LogP contribution in [0.4, 0.5) is 0 Å². The fourth-order valence-electron chi connectivity index (χ4n) is 2.82. The summed E-state index contributed by atoms with van der Waals surface area (Å²) in [4.78, 5) is 5.53. The Balaban J connectivity index is 1.29. The van der Waals surface area contributed by atoms with Crippen molar-refractivity contribution in [1.29, 1.82) is 0 Å². The number of hydrogen-bond donors (Lipinski definition) is 0. The number of nitrogens with zero attached hydrogens (tertiary/aromatic N) is 5. The van der Waals surface area contributed by atoms with Gasteiger partial charge in [0.1, 0.15) is 5.01 Å². The van der Waals surface area contributed by atoms with Gasteiger partial charge in [0.05, 0.1) is 16.0 Å². The van der Waals surface area contributed by atoms with Crippen LogP contribution in [0, 0.1) is 0 Å². The highest BCUT2D eigenvalue weighted by atomic mass is 32.2. The van der Waals surface area contributed by atoms with E-state index < -0.39 is 0 Å². The topological polar surface area (TPSA) is 56.0 Å². The maximum Gasteiger partial charge on any atom is 0.234 e. The first-order chi connectivity index (χ1) is 13.3. The number of rotatable bonds is 6. The van der Waals surface area contributed by atoms with Gasteiger partial charge in [0, 0.05) is 6.42 Å². The lowest BCUT2D eigenvalue weighted by molar-refractivity contribution is 0.828.